The fraction of sp³-hybridized carbons (Fsp3) is 0.467. The minimum atomic E-state index is -0.0837. The van der Waals surface area contributed by atoms with Crippen molar-refractivity contribution in [1.29, 1.82) is 0 Å². The van der Waals surface area contributed by atoms with E-state index in [0.29, 0.717) is 17.1 Å². The van der Waals surface area contributed by atoms with Gasteiger partial charge in [-0.15, -0.1) is 11.3 Å². The van der Waals surface area contributed by atoms with Crippen LogP contribution in [-0.2, 0) is 0 Å². The number of nitrogens with two attached hydrogens (primary N) is 1. The lowest BCUT2D eigenvalue weighted by Crippen LogP contribution is -2.24. The zero-order valence-electron chi connectivity index (χ0n) is 12.2. The molecule has 0 aliphatic rings. The highest BCUT2D eigenvalue weighted by atomic mass is 32.2. The molecule has 0 radical (unpaired) electrons. The second-order valence-electron chi connectivity index (χ2n) is 4.86. The van der Waals surface area contributed by atoms with E-state index in [1.54, 1.807) is 6.20 Å². The smallest absolute Gasteiger partial charge is 0.263 e. The first-order chi connectivity index (χ1) is 10.2. The van der Waals surface area contributed by atoms with Crippen LogP contribution in [0.5, 0.6) is 0 Å². The second-order valence-corrected chi connectivity index (χ2v) is 6.90. The Balaban J connectivity index is 1.81. The molecule has 2 heterocycles. The van der Waals surface area contributed by atoms with E-state index >= 15 is 0 Å². The van der Waals surface area contributed by atoms with Crippen molar-refractivity contribution >= 4 is 44.9 Å². The second kappa shape index (κ2) is 8.24. The first-order valence-corrected chi connectivity index (χ1v) is 9.35. The van der Waals surface area contributed by atoms with Crippen molar-refractivity contribution in [2.24, 2.45) is 0 Å². The molecule has 4 nitrogen and oxygen atoms in total. The third-order valence-corrected chi connectivity index (χ3v) is 5.11. The van der Waals surface area contributed by atoms with Crippen LogP contribution >= 0.6 is 23.1 Å². The molecule has 0 bridgehead atoms. The highest BCUT2D eigenvalue weighted by molar-refractivity contribution is 7.98. The molecule has 3 N–H and O–H groups in total. The van der Waals surface area contributed by atoms with Crippen molar-refractivity contribution in [2.45, 2.75) is 25.7 Å². The number of aromatic nitrogens is 1. The quantitative estimate of drug-likeness (QED) is 0.729. The van der Waals surface area contributed by atoms with E-state index in [0.717, 1.165) is 23.1 Å². The van der Waals surface area contributed by atoms with E-state index in [-0.39, 0.29) is 5.91 Å². The summed E-state index contributed by atoms with van der Waals surface area (Å²) in [6, 6.07) is 3.79. The van der Waals surface area contributed by atoms with E-state index in [1.807, 2.05) is 23.9 Å². The summed E-state index contributed by atoms with van der Waals surface area (Å²) in [5.41, 5.74) is 7.23. The van der Waals surface area contributed by atoms with Gasteiger partial charge in [0.25, 0.3) is 5.91 Å². The maximum atomic E-state index is 12.2. The van der Waals surface area contributed by atoms with Crippen molar-refractivity contribution in [1.82, 2.24) is 10.3 Å². The molecule has 0 aliphatic heterocycles. The summed E-state index contributed by atoms with van der Waals surface area (Å²) in [5.74, 6) is 1.14. The van der Waals surface area contributed by atoms with Crippen LogP contribution in [0.25, 0.3) is 10.2 Å². The number of nitrogens with one attached hydrogen (secondary N) is 1. The van der Waals surface area contributed by atoms with Crippen molar-refractivity contribution in [3.05, 3.63) is 23.2 Å². The van der Waals surface area contributed by atoms with Crippen LogP contribution in [-0.4, -0.2) is 29.4 Å². The number of fused-ring (bicyclic) bond motifs is 1. The number of pyridine rings is 1. The minimum Gasteiger partial charge on any atom is -0.396 e. The molecule has 0 aliphatic carbocycles. The van der Waals surface area contributed by atoms with Gasteiger partial charge in [0, 0.05) is 12.7 Å². The number of hydrogen-bond donors (Lipinski definition) is 2. The first kappa shape index (κ1) is 16.1. The number of amides is 1. The summed E-state index contributed by atoms with van der Waals surface area (Å²) in [6.45, 7) is 0.708. The standard InChI is InChI=1S/C15H21N3OS2/c1-20-10-5-3-2-4-8-18-15(19)14-12(16)13-11(21-14)7-6-9-17-13/h6-7,9H,2-5,8,10,16H2,1H3,(H,18,19). The minimum absolute atomic E-state index is 0.0837. The molecule has 2 aromatic rings. The largest absolute Gasteiger partial charge is 0.396 e. The molecule has 6 heteroatoms. The Hall–Kier alpha value is -1.27. The van der Waals surface area contributed by atoms with E-state index < -0.39 is 0 Å². The number of carbonyl (C=O) groups is 1. The molecule has 0 atom stereocenters. The van der Waals surface area contributed by atoms with Gasteiger partial charge >= 0.3 is 0 Å². The molecular weight excluding hydrogens is 302 g/mol. The highest BCUT2D eigenvalue weighted by Gasteiger charge is 2.16. The summed E-state index contributed by atoms with van der Waals surface area (Å²) >= 11 is 3.29. The summed E-state index contributed by atoms with van der Waals surface area (Å²) in [4.78, 5) is 17.0. The fourth-order valence-corrected chi connectivity index (χ4v) is 3.61. The number of thiophene rings is 1. The fourth-order valence-electron chi connectivity index (χ4n) is 2.12. The zero-order valence-corrected chi connectivity index (χ0v) is 13.9. The first-order valence-electron chi connectivity index (χ1n) is 7.14. The summed E-state index contributed by atoms with van der Waals surface area (Å²) < 4.78 is 0.956. The molecule has 0 spiro atoms. The Morgan fingerprint density at radius 1 is 1.38 bits per heavy atom. The molecule has 114 valence electrons. The predicted molar refractivity (Wildman–Crippen MR) is 93.2 cm³/mol. The van der Waals surface area contributed by atoms with Gasteiger partial charge in [-0.25, -0.2) is 0 Å². The van der Waals surface area contributed by atoms with Gasteiger partial charge in [0.15, 0.2) is 0 Å². The van der Waals surface area contributed by atoms with E-state index in [2.05, 4.69) is 16.6 Å². The van der Waals surface area contributed by atoms with Gasteiger partial charge in [0.05, 0.1) is 10.4 Å². The van der Waals surface area contributed by atoms with Gasteiger partial charge in [-0.2, -0.15) is 11.8 Å². The maximum absolute atomic E-state index is 12.2. The van der Waals surface area contributed by atoms with Crippen LogP contribution in [0.1, 0.15) is 35.4 Å². The normalized spacial score (nSPS) is 10.9. The van der Waals surface area contributed by atoms with Gasteiger partial charge in [-0.05, 0) is 37.0 Å². The van der Waals surface area contributed by atoms with E-state index in [4.69, 9.17) is 5.73 Å². The number of carbonyl (C=O) groups excluding carboxylic acids is 1. The molecule has 0 fully saturated rings. The van der Waals surface area contributed by atoms with Crippen LogP contribution in [0.3, 0.4) is 0 Å². The molecule has 2 rings (SSSR count). The lowest BCUT2D eigenvalue weighted by atomic mass is 10.2. The number of unbranched alkanes of at least 4 members (excludes halogenated alkanes) is 3. The van der Waals surface area contributed by atoms with Crippen LogP contribution < -0.4 is 11.1 Å². The molecule has 0 aromatic carbocycles. The van der Waals surface area contributed by atoms with Crippen LogP contribution in [0.4, 0.5) is 5.69 Å². The van der Waals surface area contributed by atoms with Crippen LogP contribution in [0.2, 0.25) is 0 Å². The number of thioether (sulfide) groups is 1. The summed E-state index contributed by atoms with van der Waals surface area (Å²) in [7, 11) is 0. The number of hydrogen-bond acceptors (Lipinski definition) is 5. The Labute approximate surface area is 133 Å². The zero-order chi connectivity index (χ0) is 15.1. The number of nitrogen functional groups attached to an aromatic ring is 1. The topological polar surface area (TPSA) is 68.0 Å². The molecule has 1 amide bonds. The van der Waals surface area contributed by atoms with Gasteiger partial charge < -0.3 is 11.1 Å². The molecule has 0 unspecified atom stereocenters. The molecular formula is C15H21N3OS2. The Morgan fingerprint density at radius 2 is 2.19 bits per heavy atom. The lowest BCUT2D eigenvalue weighted by Gasteiger charge is -2.04. The molecule has 21 heavy (non-hydrogen) atoms. The van der Waals surface area contributed by atoms with Gasteiger partial charge in [0.1, 0.15) is 10.4 Å². The third kappa shape index (κ3) is 4.35. The average Bonchev–Trinajstić information content (AvgIpc) is 2.84. The van der Waals surface area contributed by atoms with Crippen molar-refractivity contribution in [3.63, 3.8) is 0 Å². The predicted octanol–water partition coefficient (Wildman–Crippen LogP) is 3.53. The Bertz CT molecular complexity index is 598. The van der Waals surface area contributed by atoms with Crippen molar-refractivity contribution < 1.29 is 4.79 Å². The molecule has 2 aromatic heterocycles. The van der Waals surface area contributed by atoms with Gasteiger partial charge in [-0.3, -0.25) is 9.78 Å². The van der Waals surface area contributed by atoms with Crippen LogP contribution in [0, 0.1) is 0 Å². The summed E-state index contributed by atoms with van der Waals surface area (Å²) in [5, 5.41) is 2.95. The lowest BCUT2D eigenvalue weighted by molar-refractivity contribution is 0.0958. The molecule has 0 saturated carbocycles. The Kier molecular flexibility index (Phi) is 6.32. The van der Waals surface area contributed by atoms with Gasteiger partial charge in [-0.1, -0.05) is 12.8 Å². The Morgan fingerprint density at radius 3 is 2.95 bits per heavy atom. The van der Waals surface area contributed by atoms with Gasteiger partial charge in [0.2, 0.25) is 0 Å². The number of rotatable bonds is 8. The monoisotopic (exact) mass is 323 g/mol. The summed E-state index contributed by atoms with van der Waals surface area (Å²) in [6.07, 6.45) is 8.48. The highest BCUT2D eigenvalue weighted by Crippen LogP contribution is 2.31. The number of anilines is 1. The van der Waals surface area contributed by atoms with Crippen molar-refractivity contribution in [3.8, 4) is 0 Å². The maximum Gasteiger partial charge on any atom is 0.263 e. The molecule has 0 saturated heterocycles. The SMILES string of the molecule is CSCCCCCCNC(=O)c1sc2cccnc2c1N. The third-order valence-electron chi connectivity index (χ3n) is 3.25. The van der Waals surface area contributed by atoms with E-state index in [1.165, 1.54) is 29.9 Å². The van der Waals surface area contributed by atoms with Crippen molar-refractivity contribution in [2.75, 3.05) is 24.3 Å². The van der Waals surface area contributed by atoms with Crippen LogP contribution in [0.15, 0.2) is 18.3 Å². The average molecular weight is 323 g/mol. The number of nitrogens with zero attached hydrogens (tertiary/aromatic N) is 1. The van der Waals surface area contributed by atoms with E-state index in [9.17, 15) is 4.79 Å².